The largest absolute Gasteiger partial charge is 0.456 e. The van der Waals surface area contributed by atoms with E-state index in [-0.39, 0.29) is 24.5 Å². The third-order valence-corrected chi connectivity index (χ3v) is 3.91. The van der Waals surface area contributed by atoms with E-state index in [4.69, 9.17) is 4.74 Å². The maximum atomic E-state index is 11.9. The zero-order valence-corrected chi connectivity index (χ0v) is 15.8. The van der Waals surface area contributed by atoms with Crippen LogP contribution in [0.4, 0.5) is 11.4 Å². The van der Waals surface area contributed by atoms with E-state index in [1.165, 1.54) is 6.92 Å². The van der Waals surface area contributed by atoms with Crippen molar-refractivity contribution in [1.29, 1.82) is 0 Å². The van der Waals surface area contributed by atoms with E-state index in [1.54, 1.807) is 30.3 Å². The second-order valence-corrected chi connectivity index (χ2v) is 6.21. The highest BCUT2D eigenvalue weighted by Crippen LogP contribution is 2.14. The van der Waals surface area contributed by atoms with E-state index < -0.39 is 18.5 Å². The summed E-state index contributed by atoms with van der Waals surface area (Å²) in [5, 5.41) is 5.29. The van der Waals surface area contributed by atoms with Crippen molar-refractivity contribution in [3.05, 3.63) is 59.7 Å². The molecule has 0 atom stereocenters. The maximum Gasteiger partial charge on any atom is 0.306 e. The number of anilines is 2. The number of hydrogen-bond acceptors (Lipinski definition) is 5. The molecule has 7 nitrogen and oxygen atoms in total. The molecule has 0 heterocycles. The lowest BCUT2D eigenvalue weighted by Crippen LogP contribution is -2.21. The van der Waals surface area contributed by atoms with Gasteiger partial charge in [0.25, 0.3) is 5.91 Å². The number of carbonyl (C=O) groups is 4. The number of rotatable bonds is 8. The molecule has 2 aromatic rings. The summed E-state index contributed by atoms with van der Waals surface area (Å²) in [5.41, 5.74) is 2.64. The van der Waals surface area contributed by atoms with Gasteiger partial charge in [0.05, 0.1) is 6.42 Å². The maximum absolute atomic E-state index is 11.9. The Balaban J connectivity index is 1.70. The second-order valence-electron chi connectivity index (χ2n) is 6.21. The molecule has 0 fully saturated rings. The minimum absolute atomic E-state index is 0.0404. The molecule has 0 radical (unpaired) electrons. The van der Waals surface area contributed by atoms with Crippen molar-refractivity contribution in [1.82, 2.24) is 0 Å². The van der Waals surface area contributed by atoms with Crippen LogP contribution in [0.1, 0.15) is 35.7 Å². The highest BCUT2D eigenvalue weighted by molar-refractivity contribution is 5.96. The van der Waals surface area contributed by atoms with Gasteiger partial charge in [-0.1, -0.05) is 18.2 Å². The Kier molecular flexibility index (Phi) is 7.45. The molecule has 0 unspecified atom stereocenters. The number of ketones is 1. The summed E-state index contributed by atoms with van der Waals surface area (Å²) in [7, 11) is 0. The van der Waals surface area contributed by atoms with Gasteiger partial charge in [-0.3, -0.25) is 19.2 Å². The van der Waals surface area contributed by atoms with Crippen LogP contribution in [0.3, 0.4) is 0 Å². The lowest BCUT2D eigenvalue weighted by atomic mass is 10.1. The lowest BCUT2D eigenvalue weighted by molar-refractivity contribution is -0.147. The van der Waals surface area contributed by atoms with E-state index in [1.807, 2.05) is 25.1 Å². The van der Waals surface area contributed by atoms with Crippen LogP contribution in [-0.4, -0.2) is 30.2 Å². The van der Waals surface area contributed by atoms with Crippen LogP contribution >= 0.6 is 0 Å². The highest BCUT2D eigenvalue weighted by Gasteiger charge is 2.11. The Bertz CT molecular complexity index is 875. The summed E-state index contributed by atoms with van der Waals surface area (Å²) in [6, 6.07) is 13.7. The van der Waals surface area contributed by atoms with Crippen molar-refractivity contribution >= 4 is 34.9 Å². The summed E-state index contributed by atoms with van der Waals surface area (Å²) in [6.45, 7) is 2.87. The van der Waals surface area contributed by atoms with Gasteiger partial charge in [0, 0.05) is 23.4 Å². The van der Waals surface area contributed by atoms with Gasteiger partial charge in [-0.2, -0.15) is 0 Å². The topological polar surface area (TPSA) is 102 Å². The molecule has 0 bridgehead atoms. The molecule has 146 valence electrons. The zero-order valence-electron chi connectivity index (χ0n) is 15.8. The van der Waals surface area contributed by atoms with Gasteiger partial charge in [0.1, 0.15) is 0 Å². The fourth-order valence-corrected chi connectivity index (χ4v) is 2.34. The number of benzene rings is 2. The average molecular weight is 382 g/mol. The quantitative estimate of drug-likeness (QED) is 0.540. The van der Waals surface area contributed by atoms with Crippen molar-refractivity contribution in [3.8, 4) is 0 Å². The van der Waals surface area contributed by atoms with Crippen LogP contribution in [0.2, 0.25) is 0 Å². The SMILES string of the molecule is CC(=O)c1ccc(NC(=O)COC(=O)CCC(=O)Nc2ccccc2C)cc1. The van der Waals surface area contributed by atoms with Crippen LogP contribution in [0.25, 0.3) is 0 Å². The van der Waals surface area contributed by atoms with Gasteiger partial charge >= 0.3 is 5.97 Å². The number of hydrogen-bond donors (Lipinski definition) is 2. The number of nitrogens with one attached hydrogen (secondary N) is 2. The Morgan fingerprint density at radius 3 is 2.18 bits per heavy atom. The van der Waals surface area contributed by atoms with Gasteiger partial charge in [-0.05, 0) is 49.7 Å². The van der Waals surface area contributed by atoms with E-state index in [9.17, 15) is 19.2 Å². The molecule has 2 aromatic carbocycles. The monoisotopic (exact) mass is 382 g/mol. The van der Waals surface area contributed by atoms with E-state index in [2.05, 4.69) is 10.6 Å². The summed E-state index contributed by atoms with van der Waals surface area (Å²) < 4.78 is 4.88. The van der Waals surface area contributed by atoms with Crippen LogP contribution in [0, 0.1) is 6.92 Å². The standard InChI is InChI=1S/C21H22N2O5/c1-14-5-3-4-6-18(14)23-19(25)11-12-21(27)28-13-20(26)22-17-9-7-16(8-10-17)15(2)24/h3-10H,11-13H2,1-2H3,(H,22,26)(H,23,25). The minimum atomic E-state index is -0.637. The molecule has 0 aliphatic carbocycles. The predicted octanol–water partition coefficient (Wildman–Crippen LogP) is 3.10. The molecule has 7 heteroatoms. The highest BCUT2D eigenvalue weighted by atomic mass is 16.5. The number of para-hydroxylation sites is 1. The minimum Gasteiger partial charge on any atom is -0.456 e. The number of Topliss-reactive ketones (excluding diaryl/α,β-unsaturated/α-hetero) is 1. The molecular weight excluding hydrogens is 360 g/mol. The molecule has 0 aliphatic rings. The normalized spacial score (nSPS) is 10.1. The van der Waals surface area contributed by atoms with Crippen LogP contribution < -0.4 is 10.6 Å². The number of carbonyl (C=O) groups excluding carboxylic acids is 4. The zero-order chi connectivity index (χ0) is 20.5. The number of amides is 2. The average Bonchev–Trinajstić information content (AvgIpc) is 2.67. The van der Waals surface area contributed by atoms with Gasteiger partial charge in [-0.15, -0.1) is 0 Å². The Hall–Kier alpha value is -3.48. The molecule has 0 saturated carbocycles. The summed E-state index contributed by atoms with van der Waals surface area (Å²) >= 11 is 0. The van der Waals surface area contributed by atoms with E-state index in [0.717, 1.165) is 5.56 Å². The van der Waals surface area contributed by atoms with Crippen molar-refractivity contribution < 1.29 is 23.9 Å². The smallest absolute Gasteiger partial charge is 0.306 e. The van der Waals surface area contributed by atoms with E-state index in [0.29, 0.717) is 16.9 Å². The number of ether oxygens (including phenoxy) is 1. The summed E-state index contributed by atoms with van der Waals surface area (Å²) in [5.74, 6) is -1.52. The van der Waals surface area contributed by atoms with Crippen LogP contribution in [-0.2, 0) is 19.1 Å². The van der Waals surface area contributed by atoms with E-state index >= 15 is 0 Å². The second kappa shape index (κ2) is 10.0. The van der Waals surface area contributed by atoms with Crippen molar-refractivity contribution in [2.45, 2.75) is 26.7 Å². The summed E-state index contributed by atoms with van der Waals surface area (Å²) in [4.78, 5) is 46.7. The molecule has 0 saturated heterocycles. The first-order valence-corrected chi connectivity index (χ1v) is 8.77. The van der Waals surface area contributed by atoms with Crippen molar-refractivity contribution in [2.75, 3.05) is 17.2 Å². The predicted molar refractivity (Wildman–Crippen MR) is 105 cm³/mol. The first-order chi connectivity index (χ1) is 13.3. The Labute approximate surface area is 163 Å². The molecule has 2 rings (SSSR count). The Morgan fingerprint density at radius 1 is 0.857 bits per heavy atom. The molecule has 0 aliphatic heterocycles. The van der Waals surface area contributed by atoms with Crippen LogP contribution in [0.15, 0.2) is 48.5 Å². The molecule has 2 N–H and O–H groups in total. The molecule has 0 aromatic heterocycles. The Morgan fingerprint density at radius 2 is 1.54 bits per heavy atom. The molecule has 28 heavy (non-hydrogen) atoms. The van der Waals surface area contributed by atoms with Gasteiger partial charge in [-0.25, -0.2) is 0 Å². The fraction of sp³-hybridized carbons (Fsp3) is 0.238. The van der Waals surface area contributed by atoms with Gasteiger partial charge in [0.2, 0.25) is 5.91 Å². The number of aryl methyl sites for hydroxylation is 1. The fourth-order valence-electron chi connectivity index (χ4n) is 2.34. The molecule has 0 spiro atoms. The summed E-state index contributed by atoms with van der Waals surface area (Å²) in [6.07, 6.45) is -0.167. The molecule has 2 amide bonds. The lowest BCUT2D eigenvalue weighted by Gasteiger charge is -2.08. The van der Waals surface area contributed by atoms with Crippen molar-refractivity contribution in [3.63, 3.8) is 0 Å². The third-order valence-electron chi connectivity index (χ3n) is 3.91. The van der Waals surface area contributed by atoms with Gasteiger partial charge in [0.15, 0.2) is 12.4 Å². The van der Waals surface area contributed by atoms with Crippen LogP contribution in [0.5, 0.6) is 0 Å². The van der Waals surface area contributed by atoms with Crippen molar-refractivity contribution in [2.24, 2.45) is 0 Å². The van der Waals surface area contributed by atoms with Gasteiger partial charge < -0.3 is 15.4 Å². The third kappa shape index (κ3) is 6.68. The number of esters is 1. The first kappa shape index (κ1) is 20.8. The molecular formula is C21H22N2O5. The first-order valence-electron chi connectivity index (χ1n) is 8.77.